The lowest BCUT2D eigenvalue weighted by atomic mass is 9.92. The first kappa shape index (κ1) is 14.1. The molecule has 0 aliphatic carbocycles. The van der Waals surface area contributed by atoms with Crippen LogP contribution in [-0.2, 0) is 4.74 Å². The molecule has 0 amide bonds. The predicted molar refractivity (Wildman–Crippen MR) is 81.8 cm³/mol. The first-order valence-corrected chi connectivity index (χ1v) is 7.95. The summed E-state index contributed by atoms with van der Waals surface area (Å²) in [5.74, 6) is 1.30. The van der Waals surface area contributed by atoms with Crippen LogP contribution >= 0.6 is 0 Å². The molecule has 0 aromatic heterocycles. The van der Waals surface area contributed by atoms with Crippen molar-refractivity contribution >= 4 is 0 Å². The fraction of sp³-hybridized carbons (Fsp3) is 0.647. The lowest BCUT2D eigenvalue weighted by Gasteiger charge is -2.36. The lowest BCUT2D eigenvalue weighted by Crippen LogP contribution is -2.47. The molecular formula is C17H26N2O. The fourth-order valence-electron chi connectivity index (χ4n) is 3.79. The van der Waals surface area contributed by atoms with Crippen molar-refractivity contribution in [2.75, 3.05) is 32.8 Å². The van der Waals surface area contributed by atoms with Crippen LogP contribution in [0, 0.1) is 5.92 Å². The highest BCUT2D eigenvalue weighted by Crippen LogP contribution is 2.31. The van der Waals surface area contributed by atoms with Gasteiger partial charge in [0.25, 0.3) is 0 Å². The Kier molecular flexibility index (Phi) is 4.71. The number of nitrogens with zero attached hydrogens (tertiary/aromatic N) is 1. The van der Waals surface area contributed by atoms with Crippen LogP contribution in [0.15, 0.2) is 30.3 Å². The summed E-state index contributed by atoms with van der Waals surface area (Å²) in [6.07, 6.45) is 3.72. The van der Waals surface area contributed by atoms with Gasteiger partial charge in [-0.3, -0.25) is 4.90 Å². The van der Waals surface area contributed by atoms with E-state index in [0.717, 1.165) is 26.3 Å². The Balaban J connectivity index is 1.63. The Labute approximate surface area is 122 Å². The monoisotopic (exact) mass is 274 g/mol. The van der Waals surface area contributed by atoms with E-state index < -0.39 is 0 Å². The number of benzene rings is 1. The normalized spacial score (nSPS) is 29.4. The molecule has 110 valence electrons. The van der Waals surface area contributed by atoms with Gasteiger partial charge in [0.15, 0.2) is 0 Å². The zero-order valence-corrected chi connectivity index (χ0v) is 12.2. The molecule has 0 bridgehead atoms. The highest BCUT2D eigenvalue weighted by Gasteiger charge is 2.33. The Hall–Kier alpha value is -0.900. The smallest absolute Gasteiger partial charge is 0.0509 e. The van der Waals surface area contributed by atoms with Crippen molar-refractivity contribution in [3.05, 3.63) is 35.9 Å². The standard InChI is InChI=1S/C17H26N2O/c18-11-17(16-7-4-10-20-13-16)19-9-8-15(12-19)14-5-2-1-3-6-14/h1-3,5-6,15-17H,4,7-13,18H2. The van der Waals surface area contributed by atoms with Crippen LogP contribution in [0.5, 0.6) is 0 Å². The first-order valence-electron chi connectivity index (χ1n) is 7.95. The van der Waals surface area contributed by atoms with Crippen LogP contribution in [0.2, 0.25) is 0 Å². The maximum absolute atomic E-state index is 6.07. The van der Waals surface area contributed by atoms with E-state index in [4.69, 9.17) is 10.5 Å². The summed E-state index contributed by atoms with van der Waals surface area (Å²) in [4.78, 5) is 2.61. The largest absolute Gasteiger partial charge is 0.381 e. The molecule has 3 heteroatoms. The summed E-state index contributed by atoms with van der Waals surface area (Å²) in [6.45, 7) is 4.92. The fourth-order valence-corrected chi connectivity index (χ4v) is 3.79. The van der Waals surface area contributed by atoms with Gasteiger partial charge in [-0.15, -0.1) is 0 Å². The van der Waals surface area contributed by atoms with Crippen molar-refractivity contribution in [3.63, 3.8) is 0 Å². The molecule has 3 atom stereocenters. The van der Waals surface area contributed by atoms with Gasteiger partial charge < -0.3 is 10.5 Å². The van der Waals surface area contributed by atoms with E-state index in [1.807, 2.05) is 0 Å². The van der Waals surface area contributed by atoms with E-state index >= 15 is 0 Å². The zero-order chi connectivity index (χ0) is 13.8. The van der Waals surface area contributed by atoms with E-state index in [-0.39, 0.29) is 0 Å². The average molecular weight is 274 g/mol. The highest BCUT2D eigenvalue weighted by atomic mass is 16.5. The SMILES string of the molecule is NCC(C1CCCOC1)N1CCC(c2ccccc2)C1. The van der Waals surface area contributed by atoms with E-state index in [0.29, 0.717) is 17.9 Å². The van der Waals surface area contributed by atoms with Gasteiger partial charge in [0.1, 0.15) is 0 Å². The second-order valence-corrected chi connectivity index (χ2v) is 6.17. The topological polar surface area (TPSA) is 38.5 Å². The minimum absolute atomic E-state index is 0.504. The van der Waals surface area contributed by atoms with E-state index in [1.165, 1.54) is 31.4 Å². The molecule has 1 aromatic carbocycles. The number of rotatable bonds is 4. The van der Waals surface area contributed by atoms with Crippen molar-refractivity contribution < 1.29 is 4.74 Å². The zero-order valence-electron chi connectivity index (χ0n) is 12.2. The molecule has 0 radical (unpaired) electrons. The average Bonchev–Trinajstić information content (AvgIpc) is 3.00. The highest BCUT2D eigenvalue weighted by molar-refractivity contribution is 5.21. The third-order valence-corrected chi connectivity index (χ3v) is 4.94. The van der Waals surface area contributed by atoms with Crippen LogP contribution in [0.3, 0.4) is 0 Å². The molecule has 2 heterocycles. The molecular weight excluding hydrogens is 248 g/mol. The first-order chi connectivity index (χ1) is 9.88. The van der Waals surface area contributed by atoms with Crippen molar-refractivity contribution in [1.29, 1.82) is 0 Å². The number of nitrogens with two attached hydrogens (primary N) is 1. The summed E-state index contributed by atoms with van der Waals surface area (Å²) < 4.78 is 5.65. The summed E-state index contributed by atoms with van der Waals surface area (Å²) in [5.41, 5.74) is 7.55. The third kappa shape index (κ3) is 3.05. The Morgan fingerprint density at radius 3 is 2.80 bits per heavy atom. The minimum atomic E-state index is 0.504. The second-order valence-electron chi connectivity index (χ2n) is 6.17. The van der Waals surface area contributed by atoms with Gasteiger partial charge in [0.05, 0.1) is 6.61 Å². The summed E-state index contributed by atoms with van der Waals surface area (Å²) in [6, 6.07) is 11.4. The molecule has 2 aliphatic heterocycles. The Morgan fingerprint density at radius 2 is 2.10 bits per heavy atom. The van der Waals surface area contributed by atoms with Crippen LogP contribution < -0.4 is 5.73 Å². The molecule has 1 aromatic rings. The molecule has 2 saturated heterocycles. The molecule has 3 nitrogen and oxygen atoms in total. The minimum Gasteiger partial charge on any atom is -0.381 e. The van der Waals surface area contributed by atoms with Crippen LogP contribution in [0.1, 0.15) is 30.7 Å². The quantitative estimate of drug-likeness (QED) is 0.915. The van der Waals surface area contributed by atoms with E-state index in [2.05, 4.69) is 35.2 Å². The number of hydrogen-bond acceptors (Lipinski definition) is 3. The molecule has 3 rings (SSSR count). The van der Waals surface area contributed by atoms with E-state index in [9.17, 15) is 0 Å². The van der Waals surface area contributed by atoms with Crippen LogP contribution in [0.4, 0.5) is 0 Å². The van der Waals surface area contributed by atoms with Gasteiger partial charge in [0.2, 0.25) is 0 Å². The Morgan fingerprint density at radius 1 is 1.25 bits per heavy atom. The van der Waals surface area contributed by atoms with Crippen molar-refractivity contribution in [3.8, 4) is 0 Å². The molecule has 3 unspecified atom stereocenters. The van der Waals surface area contributed by atoms with Gasteiger partial charge in [-0.2, -0.15) is 0 Å². The van der Waals surface area contributed by atoms with Gasteiger partial charge in [-0.05, 0) is 43.2 Å². The van der Waals surface area contributed by atoms with Crippen LogP contribution in [-0.4, -0.2) is 43.8 Å². The molecule has 0 spiro atoms. The number of likely N-dealkylation sites (tertiary alicyclic amines) is 1. The lowest BCUT2D eigenvalue weighted by molar-refractivity contribution is 0.0165. The molecule has 20 heavy (non-hydrogen) atoms. The Bertz CT molecular complexity index is 403. The van der Waals surface area contributed by atoms with Crippen molar-refractivity contribution in [1.82, 2.24) is 4.90 Å². The molecule has 2 N–H and O–H groups in total. The van der Waals surface area contributed by atoms with Gasteiger partial charge >= 0.3 is 0 Å². The molecule has 0 saturated carbocycles. The van der Waals surface area contributed by atoms with E-state index in [1.54, 1.807) is 0 Å². The molecule has 2 aliphatic rings. The van der Waals surface area contributed by atoms with Crippen molar-refractivity contribution in [2.24, 2.45) is 11.7 Å². The third-order valence-electron chi connectivity index (χ3n) is 4.94. The van der Waals surface area contributed by atoms with Crippen LogP contribution in [0.25, 0.3) is 0 Å². The number of ether oxygens (including phenoxy) is 1. The second kappa shape index (κ2) is 6.70. The van der Waals surface area contributed by atoms with Gasteiger partial charge in [0, 0.05) is 25.7 Å². The molecule has 2 fully saturated rings. The maximum atomic E-state index is 6.07. The summed E-state index contributed by atoms with van der Waals surface area (Å²) in [5, 5.41) is 0. The summed E-state index contributed by atoms with van der Waals surface area (Å²) in [7, 11) is 0. The number of hydrogen-bond donors (Lipinski definition) is 1. The van der Waals surface area contributed by atoms with Crippen molar-refractivity contribution in [2.45, 2.75) is 31.2 Å². The maximum Gasteiger partial charge on any atom is 0.0509 e. The van der Waals surface area contributed by atoms with Gasteiger partial charge in [-0.1, -0.05) is 30.3 Å². The summed E-state index contributed by atoms with van der Waals surface area (Å²) >= 11 is 0. The predicted octanol–water partition coefficient (Wildman–Crippen LogP) is 2.23. The van der Waals surface area contributed by atoms with Gasteiger partial charge in [-0.25, -0.2) is 0 Å².